The van der Waals surface area contributed by atoms with E-state index in [1.165, 1.54) is 0 Å². The lowest BCUT2D eigenvalue weighted by Gasteiger charge is -2.21. The number of nitrogens with one attached hydrogen (secondary N) is 1. The molecule has 0 bridgehead atoms. The molecule has 0 unspecified atom stereocenters. The number of benzene rings is 1. The van der Waals surface area contributed by atoms with Gasteiger partial charge in [-0.1, -0.05) is 0 Å². The highest BCUT2D eigenvalue weighted by Gasteiger charge is 2.35. The first kappa shape index (κ1) is 18.5. The molecule has 4 nitrogen and oxygen atoms in total. The Balaban J connectivity index is 3.21. The number of Topliss-reactive ketones (excluding diaryl/α,β-unsaturated/α-hetero) is 1. The van der Waals surface area contributed by atoms with Crippen molar-refractivity contribution in [2.24, 2.45) is 0 Å². The number of amides is 1. The molecule has 22 heavy (non-hydrogen) atoms. The smallest absolute Gasteiger partial charge is 0.412 e. The van der Waals surface area contributed by atoms with Gasteiger partial charge in [0.1, 0.15) is 11.4 Å². The summed E-state index contributed by atoms with van der Waals surface area (Å²) in [6.07, 6.45) is -0.945. The van der Waals surface area contributed by atoms with Gasteiger partial charge in [-0.2, -0.15) is 8.78 Å². The summed E-state index contributed by atoms with van der Waals surface area (Å²) in [5, 5.41) is 2.18. The summed E-state index contributed by atoms with van der Waals surface area (Å²) in [6, 6.07) is 1.66. The van der Waals surface area contributed by atoms with Crippen molar-refractivity contribution in [3.63, 3.8) is 0 Å². The van der Waals surface area contributed by atoms with Gasteiger partial charge in [0.05, 0.1) is 15.7 Å². The van der Waals surface area contributed by atoms with Gasteiger partial charge < -0.3 is 4.74 Å². The molecule has 122 valence electrons. The van der Waals surface area contributed by atoms with E-state index in [-0.39, 0.29) is 10.2 Å². The minimum Gasteiger partial charge on any atom is -0.444 e. The maximum absolute atomic E-state index is 13.5. The van der Waals surface area contributed by atoms with E-state index in [9.17, 15) is 22.8 Å². The van der Waals surface area contributed by atoms with Crippen molar-refractivity contribution in [1.82, 2.24) is 0 Å². The van der Waals surface area contributed by atoms with Crippen LogP contribution in [0.5, 0.6) is 0 Å². The first-order valence-electron chi connectivity index (χ1n) is 6.23. The van der Waals surface area contributed by atoms with Crippen LogP contribution in [0.3, 0.4) is 0 Å². The lowest BCUT2D eigenvalue weighted by atomic mass is 10.0. The van der Waals surface area contributed by atoms with Crippen molar-refractivity contribution in [3.05, 3.63) is 28.0 Å². The lowest BCUT2D eigenvalue weighted by Crippen LogP contribution is -2.29. The van der Waals surface area contributed by atoms with Crippen LogP contribution in [0.2, 0.25) is 0 Å². The summed E-state index contributed by atoms with van der Waals surface area (Å²) in [5.41, 5.74) is -1.73. The summed E-state index contributed by atoms with van der Waals surface area (Å²) < 4.78 is 44.8. The van der Waals surface area contributed by atoms with E-state index in [0.717, 1.165) is 6.07 Å². The average molecular weight is 382 g/mol. The van der Waals surface area contributed by atoms with Crippen molar-refractivity contribution in [2.75, 3.05) is 5.32 Å². The van der Waals surface area contributed by atoms with E-state index in [1.807, 2.05) is 0 Å². The molecule has 0 heterocycles. The van der Waals surface area contributed by atoms with Crippen molar-refractivity contribution < 1.29 is 27.5 Å². The largest absolute Gasteiger partial charge is 0.444 e. The van der Waals surface area contributed by atoms with E-state index in [2.05, 4.69) is 21.2 Å². The molecule has 0 saturated heterocycles. The number of alkyl halides is 2. The standard InChI is InChI=1S/C14H15BrF3NO3/c1-13(2,3)22-12(21)19-10-6-8(15)9(16)5-7(10)11(20)14(4,17)18/h5-6H,1-4H3,(H,19,21). The summed E-state index contributed by atoms with van der Waals surface area (Å²) >= 11 is 2.87. The Morgan fingerprint density at radius 3 is 2.18 bits per heavy atom. The van der Waals surface area contributed by atoms with E-state index < -0.39 is 34.8 Å². The summed E-state index contributed by atoms with van der Waals surface area (Å²) in [7, 11) is 0. The predicted molar refractivity (Wildman–Crippen MR) is 78.9 cm³/mol. The first-order chi connectivity index (χ1) is 9.81. The average Bonchev–Trinajstić information content (AvgIpc) is 2.29. The second kappa shape index (κ2) is 6.28. The predicted octanol–water partition coefficient (Wildman–Crippen LogP) is 4.77. The molecule has 1 aromatic carbocycles. The van der Waals surface area contributed by atoms with Gasteiger partial charge >= 0.3 is 12.0 Å². The van der Waals surface area contributed by atoms with E-state index in [1.54, 1.807) is 20.8 Å². The number of carbonyl (C=O) groups is 2. The Kier molecular flexibility index (Phi) is 5.27. The maximum atomic E-state index is 13.5. The summed E-state index contributed by atoms with van der Waals surface area (Å²) in [5.74, 6) is -6.21. The van der Waals surface area contributed by atoms with Gasteiger partial charge in [-0.15, -0.1) is 0 Å². The molecule has 0 aliphatic rings. The molecule has 8 heteroatoms. The van der Waals surface area contributed by atoms with Crippen molar-refractivity contribution in [3.8, 4) is 0 Å². The van der Waals surface area contributed by atoms with E-state index >= 15 is 0 Å². The molecule has 1 amide bonds. The number of rotatable bonds is 3. The van der Waals surface area contributed by atoms with Crippen molar-refractivity contribution >= 4 is 33.5 Å². The first-order valence-corrected chi connectivity index (χ1v) is 7.02. The van der Waals surface area contributed by atoms with Crippen molar-refractivity contribution in [1.29, 1.82) is 0 Å². The highest BCUT2D eigenvalue weighted by molar-refractivity contribution is 9.10. The zero-order valence-corrected chi connectivity index (χ0v) is 14.0. The monoisotopic (exact) mass is 381 g/mol. The number of anilines is 1. The van der Waals surface area contributed by atoms with Gasteiger partial charge in [-0.3, -0.25) is 10.1 Å². The topological polar surface area (TPSA) is 55.4 Å². The zero-order chi connectivity index (χ0) is 17.3. The van der Waals surface area contributed by atoms with Crippen LogP contribution in [0.15, 0.2) is 16.6 Å². The Hall–Kier alpha value is -1.57. The molecular formula is C14H15BrF3NO3. The fraction of sp³-hybridized carbons (Fsp3) is 0.429. The number of hydrogen-bond acceptors (Lipinski definition) is 3. The molecule has 0 fully saturated rings. The molecule has 0 aliphatic carbocycles. The summed E-state index contributed by atoms with van der Waals surface area (Å²) in [4.78, 5) is 23.4. The molecule has 1 N–H and O–H groups in total. The third-order valence-electron chi connectivity index (χ3n) is 2.34. The van der Waals surface area contributed by atoms with Crippen LogP contribution in [0, 0.1) is 5.82 Å². The van der Waals surface area contributed by atoms with Crippen LogP contribution < -0.4 is 5.32 Å². The second-order valence-corrected chi connectivity index (χ2v) is 6.51. The molecule has 0 atom stereocenters. The van der Waals surface area contributed by atoms with Gasteiger partial charge in [0, 0.05) is 6.92 Å². The normalized spacial score (nSPS) is 12.0. The molecule has 0 saturated carbocycles. The van der Waals surface area contributed by atoms with Gasteiger partial charge in [0.15, 0.2) is 0 Å². The van der Waals surface area contributed by atoms with Crippen LogP contribution >= 0.6 is 15.9 Å². The molecule has 0 spiro atoms. The maximum Gasteiger partial charge on any atom is 0.412 e. The minimum absolute atomic E-state index is 0.0884. The fourth-order valence-electron chi connectivity index (χ4n) is 1.49. The van der Waals surface area contributed by atoms with E-state index in [4.69, 9.17) is 4.74 Å². The third kappa shape index (κ3) is 5.01. The Labute approximate surface area is 134 Å². The van der Waals surface area contributed by atoms with Crippen LogP contribution in [0.4, 0.5) is 23.7 Å². The highest BCUT2D eigenvalue weighted by Crippen LogP contribution is 2.30. The quantitative estimate of drug-likeness (QED) is 0.766. The Bertz CT molecular complexity index is 607. The number of ether oxygens (including phenoxy) is 1. The zero-order valence-electron chi connectivity index (χ0n) is 12.4. The Morgan fingerprint density at radius 2 is 1.73 bits per heavy atom. The van der Waals surface area contributed by atoms with Gasteiger partial charge in [0.25, 0.3) is 0 Å². The lowest BCUT2D eigenvalue weighted by molar-refractivity contribution is 0.0222. The second-order valence-electron chi connectivity index (χ2n) is 5.66. The molecule has 1 aromatic rings. The van der Waals surface area contributed by atoms with E-state index in [0.29, 0.717) is 13.0 Å². The van der Waals surface area contributed by atoms with Gasteiger partial charge in [-0.25, -0.2) is 9.18 Å². The molecular weight excluding hydrogens is 367 g/mol. The minimum atomic E-state index is -3.70. The van der Waals surface area contributed by atoms with Crippen LogP contribution in [0.1, 0.15) is 38.1 Å². The van der Waals surface area contributed by atoms with Crippen LogP contribution in [0.25, 0.3) is 0 Å². The molecule has 1 rings (SSSR count). The van der Waals surface area contributed by atoms with Crippen molar-refractivity contribution in [2.45, 2.75) is 39.2 Å². The number of carbonyl (C=O) groups excluding carboxylic acids is 2. The van der Waals surface area contributed by atoms with Crippen LogP contribution in [-0.4, -0.2) is 23.4 Å². The van der Waals surface area contributed by atoms with Gasteiger partial charge in [-0.05, 0) is 48.8 Å². The summed E-state index contributed by atoms with van der Waals surface area (Å²) in [6.45, 7) is 5.23. The third-order valence-corrected chi connectivity index (χ3v) is 2.95. The SMILES string of the molecule is CC(C)(C)OC(=O)Nc1cc(Br)c(F)cc1C(=O)C(C)(F)F. The number of hydrogen-bond donors (Lipinski definition) is 1. The number of ketones is 1. The molecule has 0 aromatic heterocycles. The Morgan fingerprint density at radius 1 is 1.18 bits per heavy atom. The molecule has 0 aliphatic heterocycles. The van der Waals surface area contributed by atoms with Gasteiger partial charge in [0.2, 0.25) is 5.78 Å². The van der Waals surface area contributed by atoms with Crippen LogP contribution in [-0.2, 0) is 4.74 Å². The molecule has 0 radical (unpaired) electrons. The fourth-order valence-corrected chi connectivity index (χ4v) is 1.83. The number of halogens is 4. The highest BCUT2D eigenvalue weighted by atomic mass is 79.9.